The molecule has 0 bridgehead atoms. The quantitative estimate of drug-likeness (QED) is 0.811. The molecule has 0 aliphatic rings. The first-order valence-corrected chi connectivity index (χ1v) is 6.62. The van der Waals surface area contributed by atoms with Crippen molar-refractivity contribution in [3.8, 4) is 0 Å². The molecule has 2 unspecified atom stereocenters. The summed E-state index contributed by atoms with van der Waals surface area (Å²) in [6, 6.07) is 8.21. The van der Waals surface area contributed by atoms with Gasteiger partial charge in [-0.2, -0.15) is 0 Å². The predicted molar refractivity (Wildman–Crippen MR) is 75.4 cm³/mol. The zero-order valence-electron chi connectivity index (χ0n) is 11.8. The third-order valence-electron chi connectivity index (χ3n) is 3.16. The molecule has 0 radical (unpaired) electrons. The summed E-state index contributed by atoms with van der Waals surface area (Å²) < 4.78 is 0. The first-order chi connectivity index (χ1) is 8.56. The van der Waals surface area contributed by atoms with Crippen molar-refractivity contribution in [1.29, 1.82) is 0 Å². The lowest BCUT2D eigenvalue weighted by Crippen LogP contribution is -2.36. The molecule has 1 aromatic carbocycles. The van der Waals surface area contributed by atoms with Crippen LogP contribution < -0.4 is 10.6 Å². The second kappa shape index (κ2) is 7.17. The monoisotopic (exact) mass is 248 g/mol. The Labute approximate surface area is 110 Å². The summed E-state index contributed by atoms with van der Waals surface area (Å²) in [4.78, 5) is 12.0. The highest BCUT2D eigenvalue weighted by Gasteiger charge is 2.16. The van der Waals surface area contributed by atoms with Crippen molar-refractivity contribution < 1.29 is 4.79 Å². The standard InChI is InChI=1S/C15H24N2O/c1-5-16-10-12(3)15(18)17-13(4)14-9-7-6-8-11(14)2/h6-9,12-13,16H,5,10H2,1-4H3,(H,17,18). The van der Waals surface area contributed by atoms with Crippen molar-refractivity contribution >= 4 is 5.91 Å². The normalized spacial score (nSPS) is 14.0. The van der Waals surface area contributed by atoms with E-state index in [1.165, 1.54) is 11.1 Å². The van der Waals surface area contributed by atoms with Gasteiger partial charge in [0.2, 0.25) is 5.91 Å². The van der Waals surface area contributed by atoms with E-state index in [9.17, 15) is 4.79 Å². The van der Waals surface area contributed by atoms with Gasteiger partial charge in [0.15, 0.2) is 0 Å². The molecule has 0 spiro atoms. The van der Waals surface area contributed by atoms with Crippen molar-refractivity contribution in [2.75, 3.05) is 13.1 Å². The van der Waals surface area contributed by atoms with Crippen LogP contribution in [0.5, 0.6) is 0 Å². The Bertz CT molecular complexity index is 390. The fourth-order valence-corrected chi connectivity index (χ4v) is 1.96. The summed E-state index contributed by atoms with van der Waals surface area (Å²) in [5.41, 5.74) is 2.39. The maximum absolute atomic E-state index is 12.0. The molecule has 3 heteroatoms. The van der Waals surface area contributed by atoms with Crippen LogP contribution in [0.3, 0.4) is 0 Å². The number of nitrogens with one attached hydrogen (secondary N) is 2. The summed E-state index contributed by atoms with van der Waals surface area (Å²) in [7, 11) is 0. The van der Waals surface area contributed by atoms with E-state index in [0.717, 1.165) is 13.1 Å². The van der Waals surface area contributed by atoms with E-state index in [4.69, 9.17) is 0 Å². The van der Waals surface area contributed by atoms with Crippen LogP contribution in [0.25, 0.3) is 0 Å². The molecule has 3 nitrogen and oxygen atoms in total. The van der Waals surface area contributed by atoms with Gasteiger partial charge in [0.05, 0.1) is 6.04 Å². The molecule has 0 heterocycles. The smallest absolute Gasteiger partial charge is 0.224 e. The summed E-state index contributed by atoms with van der Waals surface area (Å²) in [6.45, 7) is 9.71. The van der Waals surface area contributed by atoms with E-state index in [0.29, 0.717) is 0 Å². The van der Waals surface area contributed by atoms with Crippen LogP contribution >= 0.6 is 0 Å². The maximum Gasteiger partial charge on any atom is 0.224 e. The Kier molecular flexibility index (Phi) is 5.86. The van der Waals surface area contributed by atoms with Gasteiger partial charge in [-0.15, -0.1) is 0 Å². The van der Waals surface area contributed by atoms with E-state index in [-0.39, 0.29) is 17.9 Å². The average molecular weight is 248 g/mol. The Morgan fingerprint density at radius 3 is 2.56 bits per heavy atom. The lowest BCUT2D eigenvalue weighted by molar-refractivity contribution is -0.125. The molecule has 0 aliphatic carbocycles. The number of carbonyl (C=O) groups is 1. The van der Waals surface area contributed by atoms with E-state index in [2.05, 4.69) is 29.7 Å². The van der Waals surface area contributed by atoms with Gasteiger partial charge in [-0.05, 0) is 31.5 Å². The van der Waals surface area contributed by atoms with Gasteiger partial charge in [-0.1, -0.05) is 38.1 Å². The molecule has 1 amide bonds. The number of carbonyl (C=O) groups excluding carboxylic acids is 1. The van der Waals surface area contributed by atoms with Crippen LogP contribution in [0, 0.1) is 12.8 Å². The molecular formula is C15H24N2O. The van der Waals surface area contributed by atoms with Crippen LogP contribution in [-0.2, 0) is 4.79 Å². The van der Waals surface area contributed by atoms with E-state index in [1.54, 1.807) is 0 Å². The summed E-state index contributed by atoms with van der Waals surface area (Å²) in [6.07, 6.45) is 0. The van der Waals surface area contributed by atoms with Crippen molar-refractivity contribution in [2.24, 2.45) is 5.92 Å². The lowest BCUT2D eigenvalue weighted by Gasteiger charge is -2.19. The summed E-state index contributed by atoms with van der Waals surface area (Å²) in [5.74, 6) is 0.100. The van der Waals surface area contributed by atoms with Crippen LogP contribution in [0.2, 0.25) is 0 Å². The number of hydrogen-bond donors (Lipinski definition) is 2. The van der Waals surface area contributed by atoms with Crippen molar-refractivity contribution in [3.63, 3.8) is 0 Å². The van der Waals surface area contributed by atoms with E-state index < -0.39 is 0 Å². The fourth-order valence-electron chi connectivity index (χ4n) is 1.96. The minimum Gasteiger partial charge on any atom is -0.349 e. The molecule has 0 aliphatic heterocycles. The number of amides is 1. The minimum atomic E-state index is -0.00332. The topological polar surface area (TPSA) is 41.1 Å². The van der Waals surface area contributed by atoms with Gasteiger partial charge < -0.3 is 10.6 Å². The molecule has 0 saturated heterocycles. The van der Waals surface area contributed by atoms with Crippen molar-refractivity contribution in [3.05, 3.63) is 35.4 Å². The predicted octanol–water partition coefficient (Wildman–Crippen LogP) is 2.42. The van der Waals surface area contributed by atoms with Gasteiger partial charge in [0.1, 0.15) is 0 Å². The van der Waals surface area contributed by atoms with Gasteiger partial charge >= 0.3 is 0 Å². The highest BCUT2D eigenvalue weighted by atomic mass is 16.1. The van der Waals surface area contributed by atoms with Crippen LogP contribution in [0.15, 0.2) is 24.3 Å². The Hall–Kier alpha value is -1.35. The number of benzene rings is 1. The Morgan fingerprint density at radius 2 is 1.94 bits per heavy atom. The van der Waals surface area contributed by atoms with E-state index in [1.807, 2.05) is 32.9 Å². The molecule has 1 rings (SSSR count). The van der Waals surface area contributed by atoms with Gasteiger partial charge in [-0.3, -0.25) is 4.79 Å². The largest absolute Gasteiger partial charge is 0.349 e. The zero-order chi connectivity index (χ0) is 13.5. The van der Waals surface area contributed by atoms with Crippen molar-refractivity contribution in [1.82, 2.24) is 10.6 Å². The number of hydrogen-bond acceptors (Lipinski definition) is 2. The molecule has 2 N–H and O–H groups in total. The molecule has 0 saturated carbocycles. The van der Waals surface area contributed by atoms with E-state index >= 15 is 0 Å². The highest BCUT2D eigenvalue weighted by molar-refractivity contribution is 5.79. The zero-order valence-corrected chi connectivity index (χ0v) is 11.8. The summed E-state index contributed by atoms with van der Waals surface area (Å²) >= 11 is 0. The second-order valence-electron chi connectivity index (χ2n) is 4.80. The molecule has 100 valence electrons. The number of aryl methyl sites for hydroxylation is 1. The SMILES string of the molecule is CCNCC(C)C(=O)NC(C)c1ccccc1C. The lowest BCUT2D eigenvalue weighted by atomic mass is 10.0. The Balaban J connectivity index is 2.57. The van der Waals surface area contributed by atoms with Gasteiger partial charge in [-0.25, -0.2) is 0 Å². The van der Waals surface area contributed by atoms with Crippen LogP contribution in [-0.4, -0.2) is 19.0 Å². The first-order valence-electron chi connectivity index (χ1n) is 6.62. The van der Waals surface area contributed by atoms with Crippen LogP contribution in [0.1, 0.15) is 37.9 Å². The molecule has 1 aromatic rings. The average Bonchev–Trinajstić information content (AvgIpc) is 2.36. The molecular weight excluding hydrogens is 224 g/mol. The third-order valence-corrected chi connectivity index (χ3v) is 3.16. The molecule has 0 fully saturated rings. The van der Waals surface area contributed by atoms with Crippen molar-refractivity contribution in [2.45, 2.75) is 33.7 Å². The summed E-state index contributed by atoms with van der Waals surface area (Å²) in [5, 5.41) is 6.26. The maximum atomic E-state index is 12.0. The fraction of sp³-hybridized carbons (Fsp3) is 0.533. The first kappa shape index (κ1) is 14.7. The number of rotatable bonds is 6. The van der Waals surface area contributed by atoms with Gasteiger partial charge in [0.25, 0.3) is 0 Å². The molecule has 2 atom stereocenters. The minimum absolute atomic E-state index is 0.00332. The Morgan fingerprint density at radius 1 is 1.28 bits per heavy atom. The third kappa shape index (κ3) is 4.15. The van der Waals surface area contributed by atoms with Gasteiger partial charge in [0, 0.05) is 12.5 Å². The highest BCUT2D eigenvalue weighted by Crippen LogP contribution is 2.16. The molecule has 18 heavy (non-hydrogen) atoms. The van der Waals surface area contributed by atoms with Crippen LogP contribution in [0.4, 0.5) is 0 Å². The molecule has 0 aromatic heterocycles. The second-order valence-corrected chi connectivity index (χ2v) is 4.80.